The summed E-state index contributed by atoms with van der Waals surface area (Å²) in [5.74, 6) is 0.808. The van der Waals surface area contributed by atoms with Crippen molar-refractivity contribution in [3.63, 3.8) is 0 Å². The van der Waals surface area contributed by atoms with Crippen molar-refractivity contribution in [2.24, 2.45) is 0 Å². The van der Waals surface area contributed by atoms with Gasteiger partial charge in [0.2, 0.25) is 0 Å². The normalized spacial score (nSPS) is 13.5. The van der Waals surface area contributed by atoms with Crippen molar-refractivity contribution in [3.05, 3.63) is 29.8 Å². The molecule has 96 valence electrons. The van der Waals surface area contributed by atoms with Crippen molar-refractivity contribution in [2.75, 3.05) is 13.7 Å². The fraction of sp³-hybridized carbons (Fsp3) is 0.571. The van der Waals surface area contributed by atoms with E-state index in [9.17, 15) is 5.11 Å². The molecule has 0 saturated heterocycles. The highest BCUT2D eigenvalue weighted by Crippen LogP contribution is 2.19. The summed E-state index contributed by atoms with van der Waals surface area (Å²) < 4.78 is 10.8. The van der Waals surface area contributed by atoms with Crippen LogP contribution in [0, 0.1) is 0 Å². The average molecular weight is 238 g/mol. The Kier molecular flexibility index (Phi) is 4.97. The second-order valence-corrected chi connectivity index (χ2v) is 5.09. The fourth-order valence-corrected chi connectivity index (χ4v) is 1.53. The van der Waals surface area contributed by atoms with Crippen LogP contribution >= 0.6 is 0 Å². The van der Waals surface area contributed by atoms with Crippen LogP contribution in [-0.2, 0) is 11.2 Å². The van der Waals surface area contributed by atoms with Crippen LogP contribution in [0.4, 0.5) is 0 Å². The number of ether oxygens (including phenoxy) is 2. The van der Waals surface area contributed by atoms with Gasteiger partial charge >= 0.3 is 0 Å². The summed E-state index contributed by atoms with van der Waals surface area (Å²) in [6.45, 7) is 6.26. The largest absolute Gasteiger partial charge is 0.496 e. The Hall–Kier alpha value is -1.06. The van der Waals surface area contributed by atoms with Gasteiger partial charge in [0, 0.05) is 6.42 Å². The Labute approximate surface area is 103 Å². The average Bonchev–Trinajstić information content (AvgIpc) is 2.26. The number of hydrogen-bond acceptors (Lipinski definition) is 3. The lowest BCUT2D eigenvalue weighted by Gasteiger charge is -2.22. The van der Waals surface area contributed by atoms with E-state index in [1.807, 2.05) is 45.0 Å². The number of hydrogen-bond donors (Lipinski definition) is 1. The molecular weight excluding hydrogens is 216 g/mol. The lowest BCUT2D eigenvalue weighted by atomic mass is 10.1. The number of para-hydroxylation sites is 1. The van der Waals surface area contributed by atoms with Crippen molar-refractivity contribution < 1.29 is 14.6 Å². The van der Waals surface area contributed by atoms with Gasteiger partial charge in [-0.2, -0.15) is 0 Å². The molecule has 1 unspecified atom stereocenters. The molecule has 0 heterocycles. The molecule has 1 rings (SSSR count). The molecule has 1 N–H and O–H groups in total. The number of methoxy groups -OCH3 is 1. The first kappa shape index (κ1) is 14.0. The van der Waals surface area contributed by atoms with Crippen molar-refractivity contribution in [1.82, 2.24) is 0 Å². The molecule has 0 spiro atoms. The molecule has 0 aliphatic heterocycles. The highest BCUT2D eigenvalue weighted by Gasteiger charge is 2.15. The van der Waals surface area contributed by atoms with Gasteiger partial charge in [0.15, 0.2) is 0 Å². The van der Waals surface area contributed by atoms with Crippen LogP contribution in [0.2, 0.25) is 0 Å². The molecule has 3 heteroatoms. The lowest BCUT2D eigenvalue weighted by Crippen LogP contribution is -2.27. The SMILES string of the molecule is COc1ccccc1CC(O)COC(C)(C)C. The molecule has 0 aliphatic carbocycles. The van der Waals surface area contributed by atoms with Crippen molar-refractivity contribution >= 4 is 0 Å². The summed E-state index contributed by atoms with van der Waals surface area (Å²) in [7, 11) is 1.64. The summed E-state index contributed by atoms with van der Waals surface area (Å²) >= 11 is 0. The molecule has 17 heavy (non-hydrogen) atoms. The standard InChI is InChI=1S/C14H22O3/c1-14(2,3)17-10-12(15)9-11-7-5-6-8-13(11)16-4/h5-8,12,15H,9-10H2,1-4H3. The summed E-state index contributed by atoms with van der Waals surface area (Å²) in [6.07, 6.45) is 0.0330. The van der Waals surface area contributed by atoms with E-state index in [-0.39, 0.29) is 5.60 Å². The minimum absolute atomic E-state index is 0.220. The quantitative estimate of drug-likeness (QED) is 0.856. The van der Waals surface area contributed by atoms with Gasteiger partial charge in [-0.15, -0.1) is 0 Å². The zero-order valence-electron chi connectivity index (χ0n) is 11.1. The van der Waals surface area contributed by atoms with Crippen LogP contribution < -0.4 is 4.74 Å². The van der Waals surface area contributed by atoms with Gasteiger partial charge in [0.05, 0.1) is 25.4 Å². The third-order valence-electron chi connectivity index (χ3n) is 2.36. The monoisotopic (exact) mass is 238 g/mol. The Morgan fingerprint density at radius 1 is 1.24 bits per heavy atom. The van der Waals surface area contributed by atoms with Gasteiger partial charge in [-0.3, -0.25) is 0 Å². The van der Waals surface area contributed by atoms with E-state index >= 15 is 0 Å². The van der Waals surface area contributed by atoms with E-state index in [0.717, 1.165) is 11.3 Å². The first-order valence-corrected chi connectivity index (χ1v) is 5.86. The molecule has 0 aliphatic rings. The van der Waals surface area contributed by atoms with Crippen molar-refractivity contribution in [2.45, 2.75) is 38.9 Å². The van der Waals surface area contributed by atoms with Crippen LogP contribution in [0.15, 0.2) is 24.3 Å². The van der Waals surface area contributed by atoms with Crippen LogP contribution in [0.25, 0.3) is 0 Å². The second-order valence-electron chi connectivity index (χ2n) is 5.09. The van der Waals surface area contributed by atoms with E-state index in [2.05, 4.69) is 0 Å². The molecule has 0 saturated carbocycles. The van der Waals surface area contributed by atoms with Crippen LogP contribution in [0.3, 0.4) is 0 Å². The zero-order valence-corrected chi connectivity index (χ0v) is 11.1. The Morgan fingerprint density at radius 2 is 1.88 bits per heavy atom. The Bertz CT molecular complexity index is 342. The minimum atomic E-state index is -0.509. The molecule has 0 fully saturated rings. The molecule has 0 amide bonds. The summed E-state index contributed by atoms with van der Waals surface area (Å²) in [6, 6.07) is 7.71. The smallest absolute Gasteiger partial charge is 0.122 e. The molecule has 0 aromatic heterocycles. The van der Waals surface area contributed by atoms with Crippen molar-refractivity contribution in [1.29, 1.82) is 0 Å². The van der Waals surface area contributed by atoms with E-state index in [4.69, 9.17) is 9.47 Å². The van der Waals surface area contributed by atoms with Crippen LogP contribution in [0.5, 0.6) is 5.75 Å². The summed E-state index contributed by atoms with van der Waals surface area (Å²) in [5, 5.41) is 9.91. The predicted octanol–water partition coefficient (Wildman–Crippen LogP) is 2.41. The first-order valence-electron chi connectivity index (χ1n) is 5.86. The fourth-order valence-electron chi connectivity index (χ4n) is 1.53. The first-order chi connectivity index (χ1) is 7.92. The molecular formula is C14H22O3. The summed E-state index contributed by atoms with van der Waals surface area (Å²) in [4.78, 5) is 0. The Morgan fingerprint density at radius 3 is 2.47 bits per heavy atom. The highest BCUT2D eigenvalue weighted by atomic mass is 16.5. The van der Waals surface area contributed by atoms with E-state index in [0.29, 0.717) is 13.0 Å². The molecule has 1 atom stereocenters. The Balaban J connectivity index is 2.53. The number of aliphatic hydroxyl groups excluding tert-OH is 1. The third kappa shape index (κ3) is 5.20. The molecule has 0 bridgehead atoms. The second kappa shape index (κ2) is 6.03. The topological polar surface area (TPSA) is 38.7 Å². The van der Waals surface area contributed by atoms with Gasteiger partial charge in [0.25, 0.3) is 0 Å². The van der Waals surface area contributed by atoms with Gasteiger partial charge in [0.1, 0.15) is 5.75 Å². The van der Waals surface area contributed by atoms with E-state index in [1.165, 1.54) is 0 Å². The van der Waals surface area contributed by atoms with Crippen LogP contribution in [0.1, 0.15) is 26.3 Å². The van der Waals surface area contributed by atoms with E-state index < -0.39 is 6.10 Å². The number of aliphatic hydroxyl groups is 1. The minimum Gasteiger partial charge on any atom is -0.496 e. The van der Waals surface area contributed by atoms with Gasteiger partial charge in [-0.05, 0) is 32.4 Å². The highest BCUT2D eigenvalue weighted by molar-refractivity contribution is 5.33. The van der Waals surface area contributed by atoms with Gasteiger partial charge in [-0.1, -0.05) is 18.2 Å². The van der Waals surface area contributed by atoms with Gasteiger partial charge < -0.3 is 14.6 Å². The van der Waals surface area contributed by atoms with Gasteiger partial charge in [-0.25, -0.2) is 0 Å². The molecule has 1 aromatic carbocycles. The summed E-state index contributed by atoms with van der Waals surface area (Å²) in [5.41, 5.74) is 0.780. The lowest BCUT2D eigenvalue weighted by molar-refractivity contribution is -0.0483. The predicted molar refractivity (Wildman–Crippen MR) is 68.4 cm³/mol. The molecule has 3 nitrogen and oxygen atoms in total. The maximum absolute atomic E-state index is 9.91. The van der Waals surface area contributed by atoms with Crippen molar-refractivity contribution in [3.8, 4) is 5.75 Å². The number of rotatable bonds is 5. The van der Waals surface area contributed by atoms with E-state index in [1.54, 1.807) is 7.11 Å². The molecule has 1 aromatic rings. The third-order valence-corrected chi connectivity index (χ3v) is 2.36. The maximum Gasteiger partial charge on any atom is 0.122 e. The van der Waals surface area contributed by atoms with Crippen LogP contribution in [-0.4, -0.2) is 30.5 Å². The zero-order chi connectivity index (χ0) is 12.9. The molecule has 0 radical (unpaired) electrons. The number of benzene rings is 1. The maximum atomic E-state index is 9.91.